The van der Waals surface area contributed by atoms with E-state index in [4.69, 9.17) is 41.2 Å². The van der Waals surface area contributed by atoms with Crippen molar-refractivity contribution < 1.29 is 8.42 Å². The summed E-state index contributed by atoms with van der Waals surface area (Å²) in [4.78, 5) is 3.95. The fourth-order valence-electron chi connectivity index (χ4n) is 1.51. The van der Waals surface area contributed by atoms with E-state index in [1.807, 2.05) is 0 Å². The molecule has 0 atom stereocenters. The molecule has 3 N–H and O–H groups in total. The second-order valence-electron chi connectivity index (χ2n) is 4.01. The predicted octanol–water partition coefficient (Wildman–Crippen LogP) is 2.82. The van der Waals surface area contributed by atoms with Crippen molar-refractivity contribution >= 4 is 56.1 Å². The molecule has 0 amide bonds. The van der Waals surface area contributed by atoms with E-state index in [1.54, 1.807) is 0 Å². The van der Waals surface area contributed by atoms with Crippen molar-refractivity contribution in [3.8, 4) is 0 Å². The number of nitrogens with zero attached hydrogens (tertiary/aromatic N) is 1. The molecular weight excluding hydrogens is 353 g/mol. The van der Waals surface area contributed by atoms with E-state index in [0.29, 0.717) is 15.7 Å². The molecule has 0 fully saturated rings. The van der Waals surface area contributed by atoms with Gasteiger partial charge in [-0.1, -0.05) is 35.4 Å². The maximum atomic E-state index is 12.2. The summed E-state index contributed by atoms with van der Waals surface area (Å²) >= 11 is 16.4. The Labute approximate surface area is 137 Å². The molecule has 0 unspecified atom stereocenters. The average molecular weight is 362 g/mol. The average Bonchev–Trinajstić information content (AvgIpc) is 2.37. The first-order valence-electron chi connectivity index (χ1n) is 5.53. The van der Waals surface area contributed by atoms with E-state index < -0.39 is 10.0 Å². The number of nitrogens with one attached hydrogen (secondary N) is 1. The van der Waals surface area contributed by atoms with Crippen LogP contribution in [-0.2, 0) is 10.0 Å². The molecule has 0 aliphatic heterocycles. The van der Waals surface area contributed by atoms with Crippen LogP contribution in [0, 0.1) is 0 Å². The molecule has 9 heteroatoms. The van der Waals surface area contributed by atoms with Gasteiger partial charge < -0.3 is 5.73 Å². The third kappa shape index (κ3) is 4.04. The molecule has 2 aromatic rings. The number of thiocarbonyl (C=S) groups is 1. The van der Waals surface area contributed by atoms with Gasteiger partial charge >= 0.3 is 0 Å². The second-order valence-corrected chi connectivity index (χ2v) is 7.00. The fourth-order valence-corrected chi connectivity index (χ4v) is 3.14. The number of sulfonamides is 1. The highest BCUT2D eigenvalue weighted by Gasteiger charge is 2.15. The molecule has 0 aliphatic carbocycles. The summed E-state index contributed by atoms with van der Waals surface area (Å²) in [5, 5.41) is 0.643. The Kier molecular flexibility index (Phi) is 4.67. The lowest BCUT2D eigenvalue weighted by Crippen LogP contribution is -2.15. The first kappa shape index (κ1) is 16.0. The van der Waals surface area contributed by atoms with Crippen molar-refractivity contribution in [1.29, 1.82) is 0 Å². The number of benzene rings is 1. The van der Waals surface area contributed by atoms with Gasteiger partial charge in [0.25, 0.3) is 10.0 Å². The minimum atomic E-state index is -3.80. The molecule has 1 heterocycles. The number of halogens is 2. The summed E-state index contributed by atoms with van der Waals surface area (Å²) < 4.78 is 26.8. The van der Waals surface area contributed by atoms with Crippen molar-refractivity contribution in [3.05, 3.63) is 52.3 Å². The molecule has 1 aromatic carbocycles. The van der Waals surface area contributed by atoms with Gasteiger partial charge in [0, 0.05) is 16.2 Å². The van der Waals surface area contributed by atoms with Crippen molar-refractivity contribution in [1.82, 2.24) is 4.98 Å². The number of nitrogens with two attached hydrogens (primary N) is 1. The van der Waals surface area contributed by atoms with Gasteiger partial charge in [-0.05, 0) is 30.3 Å². The number of aromatic nitrogens is 1. The van der Waals surface area contributed by atoms with Crippen LogP contribution in [0.5, 0.6) is 0 Å². The Hall–Kier alpha value is -1.41. The number of rotatable bonds is 4. The molecule has 21 heavy (non-hydrogen) atoms. The Morgan fingerprint density at radius 3 is 2.29 bits per heavy atom. The van der Waals surface area contributed by atoms with Crippen LogP contribution in [0.15, 0.2) is 41.4 Å². The Bertz CT molecular complexity index is 772. The highest BCUT2D eigenvalue weighted by molar-refractivity contribution is 7.92. The third-order valence-electron chi connectivity index (χ3n) is 2.41. The SMILES string of the molecule is NC(=S)c1ccc(S(=O)(=O)Nc2cc(Cl)cc(Cl)c2)cn1. The quantitative estimate of drug-likeness (QED) is 0.817. The van der Waals surface area contributed by atoms with Gasteiger partial charge in [-0.2, -0.15) is 0 Å². The summed E-state index contributed by atoms with van der Waals surface area (Å²) in [6.45, 7) is 0. The van der Waals surface area contributed by atoms with Gasteiger partial charge in [0.15, 0.2) is 0 Å². The molecule has 0 bridgehead atoms. The smallest absolute Gasteiger partial charge is 0.263 e. The molecule has 0 radical (unpaired) electrons. The maximum absolute atomic E-state index is 12.2. The number of pyridine rings is 1. The molecule has 2 rings (SSSR count). The predicted molar refractivity (Wildman–Crippen MR) is 87.4 cm³/mol. The summed E-state index contributed by atoms with van der Waals surface area (Å²) in [6, 6.07) is 7.18. The first-order chi connectivity index (χ1) is 9.78. The van der Waals surface area contributed by atoms with E-state index >= 15 is 0 Å². The summed E-state index contributed by atoms with van der Waals surface area (Å²) in [5.41, 5.74) is 6.00. The minimum absolute atomic E-state index is 0.0291. The van der Waals surface area contributed by atoms with E-state index in [0.717, 1.165) is 0 Å². The van der Waals surface area contributed by atoms with Gasteiger partial charge in [0.2, 0.25) is 0 Å². The molecule has 5 nitrogen and oxygen atoms in total. The van der Waals surface area contributed by atoms with Crippen molar-refractivity contribution in [2.75, 3.05) is 4.72 Å². The van der Waals surface area contributed by atoms with Gasteiger partial charge in [-0.15, -0.1) is 0 Å². The first-order valence-corrected chi connectivity index (χ1v) is 8.17. The standard InChI is InChI=1S/C12H9Cl2N3O2S2/c13-7-3-8(14)5-9(4-7)17-21(18,19)10-1-2-11(12(15)20)16-6-10/h1-6,17H,(H2,15,20). The summed E-state index contributed by atoms with van der Waals surface area (Å²) in [5.74, 6) is 0. The fraction of sp³-hybridized carbons (Fsp3) is 0. The van der Waals surface area contributed by atoms with E-state index in [1.165, 1.54) is 36.5 Å². The zero-order valence-corrected chi connectivity index (χ0v) is 13.5. The number of hydrogen-bond acceptors (Lipinski definition) is 4. The monoisotopic (exact) mass is 361 g/mol. The minimum Gasteiger partial charge on any atom is -0.388 e. The lowest BCUT2D eigenvalue weighted by molar-refractivity contribution is 0.601. The molecule has 110 valence electrons. The lowest BCUT2D eigenvalue weighted by atomic mass is 10.3. The van der Waals surface area contributed by atoms with Crippen molar-refractivity contribution in [3.63, 3.8) is 0 Å². The zero-order chi connectivity index (χ0) is 15.6. The molecule has 0 aliphatic rings. The molecule has 1 aromatic heterocycles. The van der Waals surface area contributed by atoms with Gasteiger partial charge in [0.1, 0.15) is 9.88 Å². The number of hydrogen-bond donors (Lipinski definition) is 2. The van der Waals surface area contributed by atoms with E-state index in [-0.39, 0.29) is 15.6 Å². The van der Waals surface area contributed by atoms with Crippen molar-refractivity contribution in [2.45, 2.75) is 4.90 Å². The largest absolute Gasteiger partial charge is 0.388 e. The van der Waals surface area contributed by atoms with Crippen LogP contribution < -0.4 is 10.5 Å². The van der Waals surface area contributed by atoms with Crippen LogP contribution in [0.3, 0.4) is 0 Å². The second kappa shape index (κ2) is 6.15. The third-order valence-corrected chi connectivity index (χ3v) is 4.43. The molecule has 0 saturated heterocycles. The van der Waals surface area contributed by atoms with Crippen LogP contribution in [-0.4, -0.2) is 18.4 Å². The van der Waals surface area contributed by atoms with E-state index in [9.17, 15) is 8.42 Å². The van der Waals surface area contributed by atoms with Crippen LogP contribution in [0.2, 0.25) is 10.0 Å². The number of anilines is 1. The Morgan fingerprint density at radius 1 is 1.19 bits per heavy atom. The van der Waals surface area contributed by atoms with E-state index in [2.05, 4.69) is 9.71 Å². The highest BCUT2D eigenvalue weighted by Crippen LogP contribution is 2.24. The molecular formula is C12H9Cl2N3O2S2. The lowest BCUT2D eigenvalue weighted by Gasteiger charge is -2.09. The highest BCUT2D eigenvalue weighted by atomic mass is 35.5. The Morgan fingerprint density at radius 2 is 1.81 bits per heavy atom. The van der Waals surface area contributed by atoms with Gasteiger partial charge in [-0.25, -0.2) is 8.42 Å². The summed E-state index contributed by atoms with van der Waals surface area (Å²) in [6.07, 6.45) is 1.17. The topological polar surface area (TPSA) is 85.1 Å². The van der Waals surface area contributed by atoms with Gasteiger partial charge in [0.05, 0.1) is 11.4 Å². The normalized spacial score (nSPS) is 11.1. The van der Waals surface area contributed by atoms with Gasteiger partial charge in [-0.3, -0.25) is 9.71 Å². The van der Waals surface area contributed by atoms with Crippen molar-refractivity contribution in [2.24, 2.45) is 5.73 Å². The molecule has 0 saturated carbocycles. The molecule has 0 spiro atoms. The maximum Gasteiger partial charge on any atom is 0.263 e. The van der Waals surface area contributed by atoms with Crippen LogP contribution in [0.1, 0.15) is 5.69 Å². The van der Waals surface area contributed by atoms with Crippen LogP contribution in [0.4, 0.5) is 5.69 Å². The van der Waals surface area contributed by atoms with Crippen LogP contribution in [0.25, 0.3) is 0 Å². The summed E-state index contributed by atoms with van der Waals surface area (Å²) in [7, 11) is -3.80. The Balaban J connectivity index is 2.31. The zero-order valence-electron chi connectivity index (χ0n) is 10.4. The van der Waals surface area contributed by atoms with Crippen LogP contribution >= 0.6 is 35.4 Å².